The first kappa shape index (κ1) is 26.9. The van der Waals surface area contributed by atoms with Gasteiger partial charge in [0.15, 0.2) is 5.69 Å². The zero-order chi connectivity index (χ0) is 27.6. The fourth-order valence-electron chi connectivity index (χ4n) is 4.28. The third-order valence-corrected chi connectivity index (χ3v) is 6.85. The Morgan fingerprint density at radius 3 is 2.62 bits per heavy atom. The summed E-state index contributed by atoms with van der Waals surface area (Å²) in [5.41, 5.74) is 7.19. The molecule has 5 rings (SSSR count). The average molecular weight is 555 g/mol. The molecule has 2 aromatic carbocycles. The Hall–Kier alpha value is -3.73. The molecule has 1 aliphatic carbocycles. The molecule has 1 amide bonds. The first-order valence-electron chi connectivity index (χ1n) is 12.4. The fourth-order valence-corrected chi connectivity index (χ4v) is 4.44. The van der Waals surface area contributed by atoms with Crippen LogP contribution < -0.4 is 16.4 Å². The number of nitrogens with one attached hydrogen (secondary N) is 2. The second kappa shape index (κ2) is 11.2. The number of carbonyl (C=O) groups excluding carboxylic acids is 1. The topological polar surface area (TPSA) is 97.9 Å². The predicted octanol–water partition coefficient (Wildman–Crippen LogP) is 5.74. The highest BCUT2D eigenvalue weighted by Crippen LogP contribution is 2.33. The number of carbonyl (C=O) groups is 1. The van der Waals surface area contributed by atoms with Crippen molar-refractivity contribution in [1.82, 2.24) is 20.1 Å². The van der Waals surface area contributed by atoms with E-state index in [0.717, 1.165) is 28.4 Å². The molecule has 11 heteroatoms. The van der Waals surface area contributed by atoms with E-state index in [-0.39, 0.29) is 34.7 Å². The van der Waals surface area contributed by atoms with Gasteiger partial charge in [0.1, 0.15) is 5.69 Å². The molecular weight excluding hydrogens is 529 g/mol. The number of benzene rings is 2. The maximum Gasteiger partial charge on any atom is 0.435 e. The van der Waals surface area contributed by atoms with Crippen LogP contribution in [-0.4, -0.2) is 27.2 Å². The molecule has 4 aromatic rings. The monoisotopic (exact) mass is 554 g/mol. The number of anilines is 1. The number of alkyl halides is 3. The highest BCUT2D eigenvalue weighted by molar-refractivity contribution is 6.34. The van der Waals surface area contributed by atoms with Gasteiger partial charge in [0, 0.05) is 25.0 Å². The number of halogens is 4. The molecule has 1 aliphatic rings. The highest BCUT2D eigenvalue weighted by atomic mass is 35.5. The van der Waals surface area contributed by atoms with Crippen LogP contribution in [0.25, 0.3) is 5.69 Å². The molecule has 1 atom stereocenters. The normalized spacial score (nSPS) is 14.3. The lowest BCUT2D eigenvalue weighted by atomic mass is 9.99. The van der Waals surface area contributed by atoms with Crippen molar-refractivity contribution < 1.29 is 18.0 Å². The van der Waals surface area contributed by atoms with Crippen LogP contribution in [0, 0.1) is 5.92 Å². The summed E-state index contributed by atoms with van der Waals surface area (Å²) in [5.74, 6) is -0.171. The van der Waals surface area contributed by atoms with E-state index >= 15 is 0 Å². The van der Waals surface area contributed by atoms with Crippen LogP contribution in [0.1, 0.15) is 51.8 Å². The summed E-state index contributed by atoms with van der Waals surface area (Å²) < 4.78 is 41.7. The summed E-state index contributed by atoms with van der Waals surface area (Å²) in [4.78, 5) is 17.6. The summed E-state index contributed by atoms with van der Waals surface area (Å²) in [5, 5.41) is 10.2. The summed E-state index contributed by atoms with van der Waals surface area (Å²) >= 11 is 6.43. The van der Waals surface area contributed by atoms with Gasteiger partial charge in [-0.2, -0.15) is 18.3 Å². The zero-order valence-electron chi connectivity index (χ0n) is 20.8. The molecule has 0 radical (unpaired) electrons. The number of nitrogens with two attached hydrogens (primary N) is 1. The first-order chi connectivity index (χ1) is 18.7. The van der Waals surface area contributed by atoms with Gasteiger partial charge in [0.05, 0.1) is 22.4 Å². The smallest absolute Gasteiger partial charge is 0.326 e. The van der Waals surface area contributed by atoms with E-state index in [1.54, 1.807) is 48.8 Å². The summed E-state index contributed by atoms with van der Waals surface area (Å²) in [6, 6.07) is 16.0. The first-order valence-corrected chi connectivity index (χ1v) is 12.8. The maximum absolute atomic E-state index is 13.6. The Labute approximate surface area is 228 Å². The van der Waals surface area contributed by atoms with Gasteiger partial charge in [0.25, 0.3) is 5.91 Å². The van der Waals surface area contributed by atoms with E-state index in [4.69, 9.17) is 17.3 Å². The van der Waals surface area contributed by atoms with Crippen molar-refractivity contribution in [2.45, 2.75) is 31.6 Å². The molecule has 0 aliphatic heterocycles. The van der Waals surface area contributed by atoms with E-state index in [1.165, 1.54) is 12.8 Å². The van der Waals surface area contributed by atoms with E-state index < -0.39 is 17.8 Å². The predicted molar refractivity (Wildman–Crippen MR) is 143 cm³/mol. The number of rotatable bonds is 9. The summed E-state index contributed by atoms with van der Waals surface area (Å²) in [6.07, 6.45) is 1.07. The number of hydrogen-bond donors (Lipinski definition) is 3. The summed E-state index contributed by atoms with van der Waals surface area (Å²) in [6.45, 7) is 1.00. The van der Waals surface area contributed by atoms with Crippen molar-refractivity contribution >= 4 is 23.2 Å². The van der Waals surface area contributed by atoms with E-state index in [2.05, 4.69) is 20.7 Å². The number of amides is 1. The largest absolute Gasteiger partial charge is 0.435 e. The van der Waals surface area contributed by atoms with Gasteiger partial charge < -0.3 is 16.4 Å². The van der Waals surface area contributed by atoms with Gasteiger partial charge in [0.2, 0.25) is 0 Å². The highest BCUT2D eigenvalue weighted by Gasteiger charge is 2.36. The van der Waals surface area contributed by atoms with Gasteiger partial charge >= 0.3 is 6.18 Å². The van der Waals surface area contributed by atoms with Crippen LogP contribution in [0.5, 0.6) is 0 Å². The SMILES string of the molecule is NCc1cccc(-n2nc(C(F)(F)F)cc2C(=O)Nc2cc(C(NCC3CC3)c3cccnc3)ccc2Cl)c1. The van der Waals surface area contributed by atoms with E-state index in [9.17, 15) is 18.0 Å². The number of hydrogen-bond acceptors (Lipinski definition) is 5. The van der Waals surface area contributed by atoms with Crippen LogP contribution in [0.3, 0.4) is 0 Å². The van der Waals surface area contributed by atoms with Crippen LogP contribution in [0.4, 0.5) is 18.9 Å². The molecule has 7 nitrogen and oxygen atoms in total. The summed E-state index contributed by atoms with van der Waals surface area (Å²) in [7, 11) is 0. The van der Waals surface area contributed by atoms with Crippen molar-refractivity contribution in [2.75, 3.05) is 11.9 Å². The van der Waals surface area contributed by atoms with Crippen LogP contribution >= 0.6 is 11.6 Å². The van der Waals surface area contributed by atoms with Crippen molar-refractivity contribution in [3.05, 3.63) is 106 Å². The van der Waals surface area contributed by atoms with Crippen molar-refractivity contribution in [2.24, 2.45) is 11.7 Å². The minimum absolute atomic E-state index is 0.179. The molecule has 1 unspecified atom stereocenters. The zero-order valence-corrected chi connectivity index (χ0v) is 21.5. The van der Waals surface area contributed by atoms with Crippen LogP contribution in [0.2, 0.25) is 5.02 Å². The quantitative estimate of drug-likeness (QED) is 0.245. The van der Waals surface area contributed by atoms with Gasteiger partial charge in [-0.05, 0) is 72.3 Å². The number of aromatic nitrogens is 3. The second-order valence-electron chi connectivity index (χ2n) is 9.46. The van der Waals surface area contributed by atoms with E-state index in [1.807, 2.05) is 18.2 Å². The standard InChI is InChI=1S/C28H26ClF3N6O/c29-22-9-8-19(26(35-15-17-6-7-17)20-4-2-10-34-16-20)12-23(22)36-27(39)24-13-25(28(30,31)32)37-38(24)21-5-1-3-18(11-21)14-33/h1-5,8-13,16-17,26,35H,6-7,14-15,33H2,(H,36,39). The second-order valence-corrected chi connectivity index (χ2v) is 9.87. The van der Waals surface area contributed by atoms with Gasteiger partial charge in [-0.15, -0.1) is 0 Å². The van der Waals surface area contributed by atoms with Crippen molar-refractivity contribution in [3.63, 3.8) is 0 Å². The Kier molecular flexibility index (Phi) is 7.69. The van der Waals surface area contributed by atoms with Crippen molar-refractivity contribution in [3.8, 4) is 5.69 Å². The molecule has 0 bridgehead atoms. The molecule has 0 spiro atoms. The minimum atomic E-state index is -4.74. The van der Waals surface area contributed by atoms with Crippen LogP contribution in [-0.2, 0) is 12.7 Å². The third kappa shape index (κ3) is 6.30. The third-order valence-electron chi connectivity index (χ3n) is 6.52. The van der Waals surface area contributed by atoms with Gasteiger partial charge in [-0.3, -0.25) is 9.78 Å². The Bertz CT molecular complexity index is 1470. The lowest BCUT2D eigenvalue weighted by Crippen LogP contribution is -2.25. The Morgan fingerprint density at radius 2 is 1.92 bits per heavy atom. The molecule has 0 saturated heterocycles. The molecular formula is C28H26ClF3N6O. The molecule has 1 fully saturated rings. The average Bonchev–Trinajstić information content (AvgIpc) is 3.64. The Balaban J connectivity index is 1.48. The lowest BCUT2D eigenvalue weighted by Gasteiger charge is -2.21. The number of pyridine rings is 1. The van der Waals surface area contributed by atoms with Gasteiger partial charge in [-0.25, -0.2) is 4.68 Å². The minimum Gasteiger partial charge on any atom is -0.326 e. The molecule has 39 heavy (non-hydrogen) atoms. The molecule has 2 aromatic heterocycles. The Morgan fingerprint density at radius 1 is 1.10 bits per heavy atom. The van der Waals surface area contributed by atoms with E-state index in [0.29, 0.717) is 11.5 Å². The number of nitrogens with zero attached hydrogens (tertiary/aromatic N) is 3. The van der Waals surface area contributed by atoms with Crippen molar-refractivity contribution in [1.29, 1.82) is 0 Å². The molecule has 4 N–H and O–H groups in total. The lowest BCUT2D eigenvalue weighted by molar-refractivity contribution is -0.141. The molecule has 2 heterocycles. The molecule has 202 valence electrons. The fraction of sp³-hybridized carbons (Fsp3) is 0.250. The van der Waals surface area contributed by atoms with Crippen LogP contribution in [0.15, 0.2) is 73.1 Å². The maximum atomic E-state index is 13.6. The van der Waals surface area contributed by atoms with Gasteiger partial charge in [-0.1, -0.05) is 35.9 Å². The molecule has 1 saturated carbocycles.